The molecule has 1 aliphatic rings. The first-order valence-corrected chi connectivity index (χ1v) is 10.8. The minimum atomic E-state index is -0.662. The lowest BCUT2D eigenvalue weighted by atomic mass is 10.0. The van der Waals surface area contributed by atoms with Gasteiger partial charge in [0.15, 0.2) is 5.76 Å². The number of esters is 1. The number of allylic oxidation sites excluding steroid dienone is 1. The van der Waals surface area contributed by atoms with Crippen molar-refractivity contribution in [3.63, 3.8) is 0 Å². The van der Waals surface area contributed by atoms with Crippen molar-refractivity contribution in [2.75, 3.05) is 0 Å². The van der Waals surface area contributed by atoms with Crippen molar-refractivity contribution >= 4 is 56.3 Å². The van der Waals surface area contributed by atoms with Crippen LogP contribution in [0.1, 0.15) is 32.0 Å². The summed E-state index contributed by atoms with van der Waals surface area (Å²) in [7, 11) is 0. The highest BCUT2D eigenvalue weighted by molar-refractivity contribution is 9.10. The van der Waals surface area contributed by atoms with Gasteiger partial charge in [-0.3, -0.25) is 4.79 Å². The van der Waals surface area contributed by atoms with E-state index in [2.05, 4.69) is 15.9 Å². The van der Waals surface area contributed by atoms with Gasteiger partial charge in [0.25, 0.3) is 0 Å². The Labute approximate surface area is 196 Å². The maximum absolute atomic E-state index is 12.9. The number of fused-ring (bicyclic) bond motifs is 2. The van der Waals surface area contributed by atoms with Crippen molar-refractivity contribution in [2.24, 2.45) is 0 Å². The van der Waals surface area contributed by atoms with Gasteiger partial charge < -0.3 is 13.9 Å². The van der Waals surface area contributed by atoms with E-state index < -0.39 is 5.97 Å². The monoisotopic (exact) mass is 508 g/mol. The fourth-order valence-electron chi connectivity index (χ4n) is 3.54. The Kier molecular flexibility index (Phi) is 5.12. The number of furan rings is 1. The SMILES string of the molecule is Cc1cc(OC(=O)c2cc3cc(Cl)ccc3o2)cc2c1C(=O)/C(=C/c1ccccc1Br)O2. The number of ether oxygens (including phenoxy) is 2. The van der Waals surface area contributed by atoms with Crippen molar-refractivity contribution < 1.29 is 23.5 Å². The Morgan fingerprint density at radius 3 is 2.72 bits per heavy atom. The zero-order chi connectivity index (χ0) is 22.4. The molecule has 0 aliphatic carbocycles. The van der Waals surface area contributed by atoms with Gasteiger partial charge in [-0.15, -0.1) is 0 Å². The molecular weight excluding hydrogens is 496 g/mol. The number of ketones is 1. The fraction of sp³-hybridized carbons (Fsp3) is 0.0400. The molecule has 0 N–H and O–H groups in total. The number of hydrogen-bond donors (Lipinski definition) is 0. The summed E-state index contributed by atoms with van der Waals surface area (Å²) in [5.74, 6) is -0.0444. The van der Waals surface area contributed by atoms with Crippen LogP contribution in [0, 0.1) is 6.92 Å². The van der Waals surface area contributed by atoms with Crippen molar-refractivity contribution in [1.29, 1.82) is 0 Å². The zero-order valence-electron chi connectivity index (χ0n) is 16.6. The van der Waals surface area contributed by atoms with Crippen LogP contribution < -0.4 is 9.47 Å². The molecule has 5 rings (SSSR count). The zero-order valence-corrected chi connectivity index (χ0v) is 19.0. The molecule has 32 heavy (non-hydrogen) atoms. The summed E-state index contributed by atoms with van der Waals surface area (Å²) in [6, 6.07) is 17.3. The number of hydrogen-bond acceptors (Lipinski definition) is 5. The molecule has 2 heterocycles. The molecule has 0 fully saturated rings. The van der Waals surface area contributed by atoms with Crippen LogP contribution in [0.3, 0.4) is 0 Å². The van der Waals surface area contributed by atoms with Crippen LogP contribution in [0.2, 0.25) is 5.02 Å². The van der Waals surface area contributed by atoms with Gasteiger partial charge >= 0.3 is 5.97 Å². The van der Waals surface area contributed by atoms with E-state index in [0.29, 0.717) is 32.9 Å². The van der Waals surface area contributed by atoms with Gasteiger partial charge in [0.05, 0.1) is 5.56 Å². The average Bonchev–Trinajstić information content (AvgIpc) is 3.30. The van der Waals surface area contributed by atoms with Gasteiger partial charge in [-0.05, 0) is 60.5 Å². The highest BCUT2D eigenvalue weighted by Crippen LogP contribution is 2.38. The lowest BCUT2D eigenvalue weighted by molar-refractivity contribution is 0.0703. The molecule has 5 nitrogen and oxygen atoms in total. The van der Waals surface area contributed by atoms with Gasteiger partial charge in [-0.25, -0.2) is 4.79 Å². The van der Waals surface area contributed by atoms with Crippen LogP contribution in [0.25, 0.3) is 17.0 Å². The van der Waals surface area contributed by atoms with Crippen molar-refractivity contribution in [1.82, 2.24) is 0 Å². The summed E-state index contributed by atoms with van der Waals surface area (Å²) < 4.78 is 17.7. The first-order valence-electron chi connectivity index (χ1n) is 9.64. The minimum absolute atomic E-state index is 0.0481. The van der Waals surface area contributed by atoms with E-state index in [1.807, 2.05) is 24.3 Å². The number of carbonyl (C=O) groups excluding carboxylic acids is 2. The molecular formula is C25H14BrClO5. The lowest BCUT2D eigenvalue weighted by Crippen LogP contribution is -2.07. The number of aryl methyl sites for hydroxylation is 1. The minimum Gasteiger partial charge on any atom is -0.452 e. The van der Waals surface area contributed by atoms with Crippen LogP contribution in [0.15, 0.2) is 75.3 Å². The Hall–Kier alpha value is -3.35. The number of carbonyl (C=O) groups is 2. The molecule has 7 heteroatoms. The van der Waals surface area contributed by atoms with E-state index in [9.17, 15) is 9.59 Å². The molecule has 158 valence electrons. The number of Topliss-reactive ketones (excluding diaryl/α,β-unsaturated/α-hetero) is 1. The highest BCUT2D eigenvalue weighted by Gasteiger charge is 2.30. The van der Waals surface area contributed by atoms with Crippen LogP contribution in [-0.2, 0) is 0 Å². The highest BCUT2D eigenvalue weighted by atomic mass is 79.9. The molecule has 0 saturated heterocycles. The Bertz CT molecular complexity index is 1450. The second kappa shape index (κ2) is 7.97. The van der Waals surface area contributed by atoms with Gasteiger partial charge in [-0.2, -0.15) is 0 Å². The maximum atomic E-state index is 12.9. The third kappa shape index (κ3) is 3.72. The van der Waals surface area contributed by atoms with E-state index in [4.69, 9.17) is 25.5 Å². The Morgan fingerprint density at radius 2 is 1.91 bits per heavy atom. The smallest absolute Gasteiger partial charge is 0.379 e. The van der Waals surface area contributed by atoms with Gasteiger partial charge in [-0.1, -0.05) is 45.7 Å². The molecule has 4 aromatic rings. The lowest BCUT2D eigenvalue weighted by Gasteiger charge is -2.06. The molecule has 0 amide bonds. The average molecular weight is 510 g/mol. The third-order valence-electron chi connectivity index (χ3n) is 5.03. The van der Waals surface area contributed by atoms with Gasteiger partial charge in [0.1, 0.15) is 17.1 Å². The first kappa shape index (κ1) is 20.5. The third-order valence-corrected chi connectivity index (χ3v) is 5.98. The van der Waals surface area contributed by atoms with E-state index in [-0.39, 0.29) is 23.1 Å². The summed E-state index contributed by atoms with van der Waals surface area (Å²) in [6.45, 7) is 1.77. The molecule has 3 aromatic carbocycles. The van der Waals surface area contributed by atoms with Crippen LogP contribution in [0.4, 0.5) is 0 Å². The second-order valence-corrected chi connectivity index (χ2v) is 8.55. The van der Waals surface area contributed by atoms with Crippen LogP contribution in [-0.4, -0.2) is 11.8 Å². The molecule has 0 unspecified atom stereocenters. The summed E-state index contributed by atoms with van der Waals surface area (Å²) in [5, 5.41) is 1.24. The summed E-state index contributed by atoms with van der Waals surface area (Å²) >= 11 is 9.45. The summed E-state index contributed by atoms with van der Waals surface area (Å²) in [6.07, 6.45) is 1.68. The number of rotatable bonds is 3. The van der Waals surface area contributed by atoms with Crippen molar-refractivity contribution in [3.8, 4) is 11.5 Å². The van der Waals surface area contributed by atoms with E-state index >= 15 is 0 Å². The quantitative estimate of drug-likeness (QED) is 0.169. The molecule has 1 aliphatic heterocycles. The molecule has 0 saturated carbocycles. The second-order valence-electron chi connectivity index (χ2n) is 7.26. The topological polar surface area (TPSA) is 65.7 Å². The normalized spacial score (nSPS) is 14.0. The molecule has 0 spiro atoms. The van der Waals surface area contributed by atoms with Crippen molar-refractivity contribution in [2.45, 2.75) is 6.92 Å². The summed E-state index contributed by atoms with van der Waals surface area (Å²) in [5.41, 5.74) is 2.43. The van der Waals surface area contributed by atoms with Crippen molar-refractivity contribution in [3.05, 3.63) is 98.4 Å². The number of benzene rings is 3. The first-order chi connectivity index (χ1) is 15.4. The Balaban J connectivity index is 1.42. The van der Waals surface area contributed by atoms with Crippen LogP contribution >= 0.6 is 27.5 Å². The fourth-order valence-corrected chi connectivity index (χ4v) is 4.12. The predicted octanol–water partition coefficient (Wildman–Crippen LogP) is 6.99. The van der Waals surface area contributed by atoms with Gasteiger partial charge in [0.2, 0.25) is 11.5 Å². The maximum Gasteiger partial charge on any atom is 0.379 e. The number of halogens is 2. The molecule has 1 aromatic heterocycles. The molecule has 0 radical (unpaired) electrons. The van der Waals surface area contributed by atoms with Gasteiger partial charge in [0, 0.05) is 20.9 Å². The Morgan fingerprint density at radius 1 is 1.09 bits per heavy atom. The molecule has 0 atom stereocenters. The predicted molar refractivity (Wildman–Crippen MR) is 124 cm³/mol. The summed E-state index contributed by atoms with van der Waals surface area (Å²) in [4.78, 5) is 25.5. The molecule has 0 bridgehead atoms. The van der Waals surface area contributed by atoms with E-state index in [1.54, 1.807) is 43.3 Å². The van der Waals surface area contributed by atoms with E-state index in [0.717, 1.165) is 10.0 Å². The van der Waals surface area contributed by atoms with E-state index in [1.165, 1.54) is 6.07 Å². The van der Waals surface area contributed by atoms with Crippen LogP contribution in [0.5, 0.6) is 11.5 Å². The standard InChI is InChI=1S/C25H14BrClO5/c1-13-8-17(30-25(29)22-11-15-9-16(27)6-7-19(15)31-22)12-20-23(13)24(28)21(32-20)10-14-4-2-3-5-18(14)26/h2-12H,1H3/b21-10-. The largest absolute Gasteiger partial charge is 0.452 e.